The smallest absolute Gasteiger partial charge is 0.300 e. The first-order valence-corrected chi connectivity index (χ1v) is 11.6. The molecule has 0 spiro atoms. The standard InChI is InChI=1S/C28H23ClN2O5/c1-30-15-21(19-9-4-5-10-22(19)30)25-24(26(32)20-13-16(29)11-12-23(20)36-3)27(33)28(34)31(25)17-7-6-8-18(14-17)35-2/h4-15,25,32H,1-3H3/b26-24+. The van der Waals surface area contributed by atoms with Crippen LogP contribution in [0, 0.1) is 0 Å². The second-order valence-electron chi connectivity index (χ2n) is 8.43. The molecule has 0 saturated carbocycles. The Morgan fingerprint density at radius 1 is 0.972 bits per heavy atom. The first-order valence-electron chi connectivity index (χ1n) is 11.2. The van der Waals surface area contributed by atoms with E-state index < -0.39 is 17.7 Å². The minimum atomic E-state index is -0.910. The summed E-state index contributed by atoms with van der Waals surface area (Å²) in [7, 11) is 4.88. The van der Waals surface area contributed by atoms with Gasteiger partial charge in [-0.2, -0.15) is 0 Å². The molecule has 1 N–H and O–H groups in total. The summed E-state index contributed by atoms with van der Waals surface area (Å²) in [4.78, 5) is 28.5. The maximum atomic E-state index is 13.5. The third-order valence-corrected chi connectivity index (χ3v) is 6.65. The number of carbonyl (C=O) groups is 2. The lowest BCUT2D eigenvalue weighted by molar-refractivity contribution is -0.132. The number of amides is 1. The molecule has 7 nitrogen and oxygen atoms in total. The highest BCUT2D eigenvalue weighted by Crippen LogP contribution is 2.46. The van der Waals surface area contributed by atoms with Gasteiger partial charge in [-0.1, -0.05) is 35.9 Å². The number of aromatic nitrogens is 1. The van der Waals surface area contributed by atoms with Crippen LogP contribution in [0.1, 0.15) is 17.2 Å². The van der Waals surface area contributed by atoms with Crippen LogP contribution >= 0.6 is 11.6 Å². The zero-order valence-electron chi connectivity index (χ0n) is 19.9. The van der Waals surface area contributed by atoms with Crippen molar-refractivity contribution in [2.75, 3.05) is 19.1 Å². The van der Waals surface area contributed by atoms with Crippen molar-refractivity contribution >= 4 is 45.6 Å². The van der Waals surface area contributed by atoms with Gasteiger partial charge < -0.3 is 19.1 Å². The predicted octanol–water partition coefficient (Wildman–Crippen LogP) is 5.48. The third-order valence-electron chi connectivity index (χ3n) is 6.41. The van der Waals surface area contributed by atoms with Crippen molar-refractivity contribution in [1.82, 2.24) is 4.57 Å². The van der Waals surface area contributed by atoms with Gasteiger partial charge in [0.15, 0.2) is 0 Å². The molecule has 1 fully saturated rings. The van der Waals surface area contributed by atoms with Crippen molar-refractivity contribution in [2.24, 2.45) is 7.05 Å². The Kier molecular flexibility index (Phi) is 5.94. The summed E-state index contributed by atoms with van der Waals surface area (Å²) in [5.74, 6) is -1.08. The van der Waals surface area contributed by atoms with Crippen LogP contribution in [-0.2, 0) is 16.6 Å². The maximum Gasteiger partial charge on any atom is 0.300 e. The number of methoxy groups -OCH3 is 2. The summed E-state index contributed by atoms with van der Waals surface area (Å²) in [6, 6.07) is 18.4. The van der Waals surface area contributed by atoms with E-state index in [0.29, 0.717) is 27.8 Å². The van der Waals surface area contributed by atoms with E-state index in [4.69, 9.17) is 21.1 Å². The van der Waals surface area contributed by atoms with E-state index >= 15 is 0 Å². The molecular formula is C28H23ClN2O5. The minimum Gasteiger partial charge on any atom is -0.507 e. The number of aliphatic hydroxyl groups is 1. The molecule has 3 aromatic carbocycles. The first-order chi connectivity index (χ1) is 17.3. The molecule has 1 aromatic heterocycles. The number of hydrogen-bond donors (Lipinski definition) is 1. The summed E-state index contributed by atoms with van der Waals surface area (Å²) < 4.78 is 12.7. The summed E-state index contributed by atoms with van der Waals surface area (Å²) in [5, 5.41) is 12.7. The molecular weight excluding hydrogens is 480 g/mol. The summed E-state index contributed by atoms with van der Waals surface area (Å²) in [6.07, 6.45) is 1.87. The van der Waals surface area contributed by atoms with Crippen molar-refractivity contribution in [3.63, 3.8) is 0 Å². The number of hydrogen-bond acceptors (Lipinski definition) is 5. The molecule has 5 rings (SSSR count). The predicted molar refractivity (Wildman–Crippen MR) is 139 cm³/mol. The van der Waals surface area contributed by atoms with Crippen molar-refractivity contribution in [2.45, 2.75) is 6.04 Å². The molecule has 1 saturated heterocycles. The van der Waals surface area contributed by atoms with Crippen molar-refractivity contribution < 1.29 is 24.2 Å². The Morgan fingerprint density at radius 2 is 1.75 bits per heavy atom. The number of halogens is 1. The monoisotopic (exact) mass is 502 g/mol. The molecule has 4 aromatic rings. The number of aliphatic hydroxyl groups excluding tert-OH is 1. The lowest BCUT2D eigenvalue weighted by atomic mass is 9.94. The topological polar surface area (TPSA) is 81.0 Å². The lowest BCUT2D eigenvalue weighted by Crippen LogP contribution is -2.29. The van der Waals surface area contributed by atoms with Crippen LogP contribution in [0.4, 0.5) is 5.69 Å². The highest BCUT2D eigenvalue weighted by Gasteiger charge is 2.48. The number of rotatable bonds is 5. The number of para-hydroxylation sites is 1. The zero-order chi connectivity index (χ0) is 25.6. The molecule has 2 heterocycles. The van der Waals surface area contributed by atoms with Gasteiger partial charge in [0.05, 0.1) is 31.4 Å². The highest BCUT2D eigenvalue weighted by atomic mass is 35.5. The van der Waals surface area contributed by atoms with Gasteiger partial charge in [-0.15, -0.1) is 0 Å². The Morgan fingerprint density at radius 3 is 2.50 bits per heavy atom. The van der Waals surface area contributed by atoms with E-state index in [2.05, 4.69) is 0 Å². The largest absolute Gasteiger partial charge is 0.507 e. The Balaban J connectivity index is 1.83. The number of Topliss-reactive ketones (excluding diaryl/α,β-unsaturated/α-hetero) is 1. The van der Waals surface area contributed by atoms with Gasteiger partial charge in [0.1, 0.15) is 17.3 Å². The van der Waals surface area contributed by atoms with Gasteiger partial charge in [0.2, 0.25) is 0 Å². The van der Waals surface area contributed by atoms with E-state index in [1.165, 1.54) is 25.2 Å². The average molecular weight is 503 g/mol. The van der Waals surface area contributed by atoms with Crippen LogP contribution in [0.15, 0.2) is 78.5 Å². The molecule has 182 valence electrons. The number of ether oxygens (including phenoxy) is 2. The fraction of sp³-hybridized carbons (Fsp3) is 0.143. The average Bonchev–Trinajstić information content (AvgIpc) is 3.36. The van der Waals surface area contributed by atoms with Crippen molar-refractivity contribution in [1.29, 1.82) is 0 Å². The zero-order valence-corrected chi connectivity index (χ0v) is 20.6. The second kappa shape index (κ2) is 9.09. The van der Waals surface area contributed by atoms with Crippen LogP contribution in [0.3, 0.4) is 0 Å². The molecule has 0 bridgehead atoms. The first kappa shape index (κ1) is 23.5. The van der Waals surface area contributed by atoms with E-state index in [1.54, 1.807) is 36.4 Å². The van der Waals surface area contributed by atoms with Gasteiger partial charge in [-0.3, -0.25) is 14.5 Å². The quantitative estimate of drug-likeness (QED) is 0.222. The van der Waals surface area contributed by atoms with Gasteiger partial charge >= 0.3 is 0 Å². The number of ketones is 1. The summed E-state index contributed by atoms with van der Waals surface area (Å²) >= 11 is 6.21. The normalized spacial score (nSPS) is 17.1. The second-order valence-corrected chi connectivity index (χ2v) is 8.86. The van der Waals surface area contributed by atoms with E-state index in [1.807, 2.05) is 42.1 Å². The molecule has 0 aliphatic carbocycles. The number of carbonyl (C=O) groups excluding carboxylic acids is 2. The van der Waals surface area contributed by atoms with Crippen molar-refractivity contribution in [3.8, 4) is 11.5 Å². The van der Waals surface area contributed by atoms with Crippen LogP contribution in [-0.4, -0.2) is 35.6 Å². The molecule has 1 unspecified atom stereocenters. The summed E-state index contributed by atoms with van der Waals surface area (Å²) in [5.41, 5.74) is 2.24. The van der Waals surface area contributed by atoms with Gasteiger partial charge in [-0.05, 0) is 36.4 Å². The molecule has 0 radical (unpaired) electrons. The van der Waals surface area contributed by atoms with Crippen LogP contribution in [0.2, 0.25) is 5.02 Å². The third kappa shape index (κ3) is 3.69. The van der Waals surface area contributed by atoms with E-state index in [-0.39, 0.29) is 16.9 Å². The van der Waals surface area contributed by atoms with E-state index in [0.717, 1.165) is 10.9 Å². The molecule has 1 atom stereocenters. The molecule has 1 amide bonds. The number of fused-ring (bicyclic) bond motifs is 1. The molecule has 1 aliphatic heterocycles. The van der Waals surface area contributed by atoms with E-state index in [9.17, 15) is 14.7 Å². The number of benzene rings is 3. The lowest BCUT2D eigenvalue weighted by Gasteiger charge is -2.25. The Bertz CT molecular complexity index is 1550. The van der Waals surface area contributed by atoms with Gasteiger partial charge in [0, 0.05) is 46.5 Å². The maximum absolute atomic E-state index is 13.5. The number of aryl methyl sites for hydroxylation is 1. The Labute approximate surface area is 212 Å². The number of anilines is 1. The highest BCUT2D eigenvalue weighted by molar-refractivity contribution is 6.52. The SMILES string of the molecule is COc1cccc(N2C(=O)C(=O)/C(=C(/O)c3cc(Cl)ccc3OC)C2c2cn(C)c3ccccc23)c1. The van der Waals surface area contributed by atoms with Gasteiger partial charge in [-0.25, -0.2) is 0 Å². The van der Waals surface area contributed by atoms with Crippen LogP contribution in [0.25, 0.3) is 16.7 Å². The number of nitrogens with zero attached hydrogens (tertiary/aromatic N) is 2. The summed E-state index contributed by atoms with van der Waals surface area (Å²) in [6.45, 7) is 0. The molecule has 1 aliphatic rings. The molecule has 8 heteroatoms. The Hall–Kier alpha value is -4.23. The van der Waals surface area contributed by atoms with Crippen LogP contribution in [0.5, 0.6) is 11.5 Å². The molecule has 36 heavy (non-hydrogen) atoms. The fourth-order valence-electron chi connectivity index (χ4n) is 4.75. The van der Waals surface area contributed by atoms with Gasteiger partial charge in [0.25, 0.3) is 11.7 Å². The fourth-order valence-corrected chi connectivity index (χ4v) is 4.93. The van der Waals surface area contributed by atoms with Crippen molar-refractivity contribution in [3.05, 3.63) is 94.6 Å². The minimum absolute atomic E-state index is 0.0558. The van der Waals surface area contributed by atoms with Crippen LogP contribution < -0.4 is 14.4 Å².